The Bertz CT molecular complexity index is 601. The third kappa shape index (κ3) is 1.97. The van der Waals surface area contributed by atoms with E-state index in [1.165, 1.54) is 0 Å². The molecule has 0 saturated heterocycles. The second-order valence-electron chi connectivity index (χ2n) is 3.01. The summed E-state index contributed by atoms with van der Waals surface area (Å²) in [6.45, 7) is 0. The van der Waals surface area contributed by atoms with Crippen molar-refractivity contribution in [2.75, 3.05) is 7.11 Å². The predicted molar refractivity (Wildman–Crippen MR) is 59.8 cm³/mol. The molecule has 0 unspecified atom stereocenters. The van der Waals surface area contributed by atoms with Crippen molar-refractivity contribution in [3.63, 3.8) is 0 Å². The van der Waals surface area contributed by atoms with E-state index in [9.17, 15) is 8.42 Å². The van der Waals surface area contributed by atoms with Crippen LogP contribution in [0.15, 0.2) is 28.5 Å². The Hall–Kier alpha value is -1.11. The first kappa shape index (κ1) is 10.4. The fraction of sp³-hybridized carbons (Fsp3) is 0.111. The molecular formula is C9H9NO3S2. The Labute approximate surface area is 91.3 Å². The number of hydrogen-bond donors (Lipinski definition) is 1. The average Bonchev–Trinajstić information content (AvgIpc) is 2.59. The molecule has 0 radical (unpaired) electrons. The Morgan fingerprint density at radius 3 is 2.67 bits per heavy atom. The van der Waals surface area contributed by atoms with E-state index in [1.807, 2.05) is 0 Å². The lowest BCUT2D eigenvalue weighted by Crippen LogP contribution is -2.09. The lowest BCUT2D eigenvalue weighted by Gasteiger charge is -1.97. The van der Waals surface area contributed by atoms with Gasteiger partial charge in [0.2, 0.25) is 10.0 Å². The highest BCUT2D eigenvalue weighted by Crippen LogP contribution is 2.30. The SMILES string of the molecule is COc1ccc2cc(S(N)(=O)=O)sc2c1. The van der Waals surface area contributed by atoms with Gasteiger partial charge < -0.3 is 4.74 Å². The predicted octanol–water partition coefficient (Wildman–Crippen LogP) is 1.56. The van der Waals surface area contributed by atoms with Gasteiger partial charge in [-0.15, -0.1) is 11.3 Å². The second-order valence-corrected chi connectivity index (χ2v) is 5.89. The molecule has 0 atom stereocenters. The van der Waals surface area contributed by atoms with Crippen molar-refractivity contribution in [3.05, 3.63) is 24.3 Å². The highest BCUT2D eigenvalue weighted by Gasteiger charge is 2.12. The Morgan fingerprint density at radius 1 is 1.33 bits per heavy atom. The van der Waals surface area contributed by atoms with Crippen molar-refractivity contribution in [2.45, 2.75) is 4.21 Å². The molecular weight excluding hydrogens is 234 g/mol. The number of thiophene rings is 1. The summed E-state index contributed by atoms with van der Waals surface area (Å²) in [6, 6.07) is 6.94. The maximum atomic E-state index is 11.1. The zero-order valence-electron chi connectivity index (χ0n) is 7.93. The molecule has 1 heterocycles. The van der Waals surface area contributed by atoms with Crippen LogP contribution in [0.1, 0.15) is 0 Å². The summed E-state index contributed by atoms with van der Waals surface area (Å²) >= 11 is 1.14. The van der Waals surface area contributed by atoms with Gasteiger partial charge in [0.05, 0.1) is 7.11 Å². The van der Waals surface area contributed by atoms with Crippen LogP contribution >= 0.6 is 11.3 Å². The maximum Gasteiger partial charge on any atom is 0.247 e. The van der Waals surface area contributed by atoms with Crippen molar-refractivity contribution in [1.29, 1.82) is 0 Å². The summed E-state index contributed by atoms with van der Waals surface area (Å²) in [6.07, 6.45) is 0. The molecule has 0 saturated carbocycles. The van der Waals surface area contributed by atoms with Gasteiger partial charge in [-0.2, -0.15) is 0 Å². The van der Waals surface area contributed by atoms with Crippen LogP contribution in [0.25, 0.3) is 10.1 Å². The van der Waals surface area contributed by atoms with E-state index in [1.54, 1.807) is 31.4 Å². The number of ether oxygens (including phenoxy) is 1. The first-order chi connectivity index (χ1) is 7.00. The van der Waals surface area contributed by atoms with E-state index in [4.69, 9.17) is 9.88 Å². The van der Waals surface area contributed by atoms with E-state index >= 15 is 0 Å². The molecule has 0 bridgehead atoms. The molecule has 2 aromatic rings. The van der Waals surface area contributed by atoms with Crippen LogP contribution in [0.5, 0.6) is 5.75 Å². The van der Waals surface area contributed by atoms with Gasteiger partial charge in [0.1, 0.15) is 9.96 Å². The molecule has 6 heteroatoms. The van der Waals surface area contributed by atoms with E-state index in [0.29, 0.717) is 5.75 Å². The number of methoxy groups -OCH3 is 1. The summed E-state index contributed by atoms with van der Waals surface area (Å²) in [5, 5.41) is 5.89. The number of fused-ring (bicyclic) bond motifs is 1. The highest BCUT2D eigenvalue weighted by atomic mass is 32.2. The zero-order valence-corrected chi connectivity index (χ0v) is 9.56. The number of primary sulfonamides is 1. The minimum absolute atomic E-state index is 0.172. The monoisotopic (exact) mass is 243 g/mol. The number of nitrogens with two attached hydrogens (primary N) is 1. The molecule has 0 spiro atoms. The maximum absolute atomic E-state index is 11.1. The topological polar surface area (TPSA) is 69.4 Å². The Morgan fingerprint density at radius 2 is 2.07 bits per heavy atom. The Balaban J connectivity index is 2.66. The molecule has 0 aliphatic heterocycles. The number of rotatable bonds is 2. The van der Waals surface area contributed by atoms with Gasteiger partial charge in [0.25, 0.3) is 0 Å². The van der Waals surface area contributed by atoms with Crippen LogP contribution in [0.3, 0.4) is 0 Å². The van der Waals surface area contributed by atoms with Crippen molar-refractivity contribution < 1.29 is 13.2 Å². The second kappa shape index (κ2) is 3.48. The zero-order chi connectivity index (χ0) is 11.1. The van der Waals surface area contributed by atoms with Crippen molar-refractivity contribution in [1.82, 2.24) is 0 Å². The lowest BCUT2D eigenvalue weighted by atomic mass is 10.2. The average molecular weight is 243 g/mol. The van der Waals surface area contributed by atoms with Gasteiger partial charge in [-0.3, -0.25) is 0 Å². The first-order valence-corrected chi connectivity index (χ1v) is 6.47. The molecule has 0 amide bonds. The summed E-state index contributed by atoms with van der Waals surface area (Å²) in [7, 11) is -2.04. The summed E-state index contributed by atoms with van der Waals surface area (Å²) in [4.78, 5) is 0. The molecule has 0 fully saturated rings. The van der Waals surface area contributed by atoms with Crippen LogP contribution in [0, 0.1) is 0 Å². The van der Waals surface area contributed by atoms with Gasteiger partial charge in [0, 0.05) is 4.70 Å². The molecule has 0 aliphatic carbocycles. The Kier molecular flexibility index (Phi) is 2.41. The van der Waals surface area contributed by atoms with Gasteiger partial charge in [0.15, 0.2) is 0 Å². The minimum Gasteiger partial charge on any atom is -0.497 e. The molecule has 0 aliphatic rings. The molecule has 15 heavy (non-hydrogen) atoms. The van der Waals surface area contributed by atoms with Crippen LogP contribution < -0.4 is 9.88 Å². The minimum atomic E-state index is -3.61. The molecule has 2 rings (SSSR count). The van der Waals surface area contributed by atoms with Crippen molar-refractivity contribution in [2.24, 2.45) is 5.14 Å². The molecule has 4 nitrogen and oxygen atoms in total. The summed E-state index contributed by atoms with van der Waals surface area (Å²) < 4.78 is 28.3. The van der Waals surface area contributed by atoms with Crippen molar-refractivity contribution >= 4 is 31.4 Å². The largest absolute Gasteiger partial charge is 0.497 e. The normalized spacial score (nSPS) is 11.9. The van der Waals surface area contributed by atoms with E-state index in [2.05, 4.69) is 0 Å². The lowest BCUT2D eigenvalue weighted by molar-refractivity contribution is 0.415. The standard InChI is InChI=1S/C9H9NO3S2/c1-13-7-3-2-6-4-9(15(10,11)12)14-8(6)5-7/h2-5H,1H3,(H2,10,11,12). The fourth-order valence-corrected chi connectivity index (χ4v) is 3.10. The van der Waals surface area contributed by atoms with Gasteiger partial charge in [-0.25, -0.2) is 13.6 Å². The van der Waals surface area contributed by atoms with Crippen molar-refractivity contribution in [3.8, 4) is 5.75 Å². The van der Waals surface area contributed by atoms with Gasteiger partial charge in [-0.05, 0) is 29.7 Å². The third-order valence-electron chi connectivity index (χ3n) is 1.99. The molecule has 2 N–H and O–H groups in total. The van der Waals surface area contributed by atoms with E-state index < -0.39 is 10.0 Å². The van der Waals surface area contributed by atoms with Crippen LogP contribution in [-0.4, -0.2) is 15.5 Å². The van der Waals surface area contributed by atoms with E-state index in [-0.39, 0.29) is 4.21 Å². The summed E-state index contributed by atoms with van der Waals surface area (Å²) in [5.41, 5.74) is 0. The quantitative estimate of drug-likeness (QED) is 0.870. The summed E-state index contributed by atoms with van der Waals surface area (Å²) in [5.74, 6) is 0.699. The number of hydrogen-bond acceptors (Lipinski definition) is 4. The molecule has 80 valence electrons. The van der Waals surface area contributed by atoms with Gasteiger partial charge >= 0.3 is 0 Å². The first-order valence-electron chi connectivity index (χ1n) is 4.11. The smallest absolute Gasteiger partial charge is 0.247 e. The molecule has 1 aromatic carbocycles. The number of benzene rings is 1. The fourth-order valence-electron chi connectivity index (χ4n) is 1.25. The van der Waals surface area contributed by atoms with Crippen LogP contribution in [0.4, 0.5) is 0 Å². The van der Waals surface area contributed by atoms with Crippen LogP contribution in [0.2, 0.25) is 0 Å². The number of sulfonamides is 1. The van der Waals surface area contributed by atoms with Gasteiger partial charge in [-0.1, -0.05) is 0 Å². The van der Waals surface area contributed by atoms with Crippen LogP contribution in [-0.2, 0) is 10.0 Å². The molecule has 1 aromatic heterocycles. The highest BCUT2D eigenvalue weighted by molar-refractivity contribution is 7.91. The third-order valence-corrected chi connectivity index (χ3v) is 4.50. The van der Waals surface area contributed by atoms with E-state index in [0.717, 1.165) is 21.4 Å².